The van der Waals surface area contributed by atoms with Crippen molar-refractivity contribution in [3.63, 3.8) is 0 Å². The van der Waals surface area contributed by atoms with E-state index in [1.807, 2.05) is 11.3 Å². The van der Waals surface area contributed by atoms with E-state index in [-0.39, 0.29) is 0 Å². The summed E-state index contributed by atoms with van der Waals surface area (Å²) in [7, 11) is 0. The number of Topliss-reactive ketones (excluding diaryl/α,β-unsaturated/α-hetero) is 1. The van der Waals surface area contributed by atoms with Gasteiger partial charge in [-0.1, -0.05) is 35.9 Å². The second-order valence-electron chi connectivity index (χ2n) is 7.68. The molecule has 1 aromatic heterocycles. The highest BCUT2D eigenvalue weighted by molar-refractivity contribution is 7.13. The molecule has 1 aromatic carbocycles. The number of ketones is 1. The van der Waals surface area contributed by atoms with Crippen LogP contribution in [0, 0.1) is 6.92 Å². The van der Waals surface area contributed by atoms with Crippen molar-refractivity contribution in [1.29, 1.82) is 0 Å². The first-order chi connectivity index (χ1) is 13.1. The van der Waals surface area contributed by atoms with Crippen molar-refractivity contribution in [1.82, 2.24) is 4.90 Å². The lowest BCUT2D eigenvalue weighted by Gasteiger charge is -2.30. The number of nitrogens with zero attached hydrogens (tertiary/aromatic N) is 1. The smallest absolute Gasteiger partial charge is 0.129 e. The molecule has 3 heteroatoms. The Morgan fingerprint density at radius 1 is 1.11 bits per heavy atom. The SMILES string of the molecule is CC(=O)CCCN1CCC(=C2c3ccccc3C=Cc3sc(C)cc32)CC1. The van der Waals surface area contributed by atoms with E-state index >= 15 is 0 Å². The zero-order chi connectivity index (χ0) is 18.8. The number of rotatable bonds is 4. The standard InChI is InChI=1S/C24H27NOS/c1-17(26)6-5-13-25-14-11-20(12-15-25)24-21-8-4-3-7-19(21)9-10-23-22(24)16-18(2)27-23/h3-4,7-10,16H,5-6,11-15H2,1-2H3. The molecule has 2 aliphatic rings. The fourth-order valence-corrected chi connectivity index (χ4v) is 5.19. The summed E-state index contributed by atoms with van der Waals surface area (Å²) in [6.07, 6.45) is 8.50. The van der Waals surface area contributed by atoms with Gasteiger partial charge in [-0.25, -0.2) is 0 Å². The lowest BCUT2D eigenvalue weighted by Crippen LogP contribution is -2.32. The average Bonchev–Trinajstić information content (AvgIpc) is 2.95. The van der Waals surface area contributed by atoms with Crippen LogP contribution in [0.2, 0.25) is 0 Å². The topological polar surface area (TPSA) is 20.3 Å². The molecule has 1 fully saturated rings. The van der Waals surface area contributed by atoms with Crippen LogP contribution in [0.1, 0.15) is 59.1 Å². The van der Waals surface area contributed by atoms with Gasteiger partial charge >= 0.3 is 0 Å². The van der Waals surface area contributed by atoms with Gasteiger partial charge in [0.05, 0.1) is 0 Å². The Hall–Kier alpha value is -1.97. The van der Waals surface area contributed by atoms with Crippen molar-refractivity contribution in [2.75, 3.05) is 19.6 Å². The predicted molar refractivity (Wildman–Crippen MR) is 116 cm³/mol. The van der Waals surface area contributed by atoms with E-state index in [1.165, 1.54) is 32.0 Å². The normalized spacial score (nSPS) is 16.8. The molecule has 0 amide bonds. The summed E-state index contributed by atoms with van der Waals surface area (Å²) >= 11 is 1.89. The van der Waals surface area contributed by atoms with Crippen LogP contribution in [0.25, 0.3) is 17.7 Å². The molecule has 0 radical (unpaired) electrons. The van der Waals surface area contributed by atoms with Crippen LogP contribution < -0.4 is 0 Å². The Morgan fingerprint density at radius 3 is 2.67 bits per heavy atom. The monoisotopic (exact) mass is 377 g/mol. The number of carbonyl (C=O) groups is 1. The van der Waals surface area contributed by atoms with E-state index in [0.717, 1.165) is 38.9 Å². The summed E-state index contributed by atoms with van der Waals surface area (Å²) in [5, 5.41) is 0. The van der Waals surface area contributed by atoms with E-state index < -0.39 is 0 Å². The van der Waals surface area contributed by atoms with E-state index in [9.17, 15) is 4.79 Å². The van der Waals surface area contributed by atoms with Crippen molar-refractivity contribution < 1.29 is 4.79 Å². The van der Waals surface area contributed by atoms with Crippen LogP contribution in [0.3, 0.4) is 0 Å². The Kier molecular flexibility index (Phi) is 5.42. The minimum absolute atomic E-state index is 0.303. The van der Waals surface area contributed by atoms with Crippen molar-refractivity contribution in [3.05, 3.63) is 62.3 Å². The molecule has 27 heavy (non-hydrogen) atoms. The van der Waals surface area contributed by atoms with Crippen LogP contribution in [0.5, 0.6) is 0 Å². The third kappa shape index (κ3) is 3.99. The van der Waals surface area contributed by atoms with Gasteiger partial charge in [-0.2, -0.15) is 0 Å². The van der Waals surface area contributed by atoms with Crippen LogP contribution in [0.15, 0.2) is 35.9 Å². The number of hydrogen-bond donors (Lipinski definition) is 0. The molecule has 4 rings (SSSR count). The highest BCUT2D eigenvalue weighted by Gasteiger charge is 2.23. The summed E-state index contributed by atoms with van der Waals surface area (Å²) in [5.41, 5.74) is 7.18. The summed E-state index contributed by atoms with van der Waals surface area (Å²) in [4.78, 5) is 16.5. The number of likely N-dealkylation sites (tertiary alicyclic amines) is 1. The fourth-order valence-electron chi connectivity index (χ4n) is 4.26. The second kappa shape index (κ2) is 7.95. The molecule has 2 nitrogen and oxygen atoms in total. The Balaban J connectivity index is 1.63. The van der Waals surface area contributed by atoms with Gasteiger partial charge in [0.2, 0.25) is 0 Å². The average molecular weight is 378 g/mol. The predicted octanol–water partition coefficient (Wildman–Crippen LogP) is 5.81. The molecule has 0 N–H and O–H groups in total. The third-order valence-corrected chi connectivity index (χ3v) is 6.63. The maximum absolute atomic E-state index is 11.2. The quantitative estimate of drug-likeness (QED) is 0.572. The molecule has 140 valence electrons. The van der Waals surface area contributed by atoms with Crippen molar-refractivity contribution in [2.24, 2.45) is 0 Å². The van der Waals surface area contributed by atoms with Gasteiger partial charge < -0.3 is 9.69 Å². The van der Waals surface area contributed by atoms with E-state index in [2.05, 4.69) is 54.3 Å². The minimum Gasteiger partial charge on any atom is -0.303 e. The number of piperidine rings is 1. The summed E-state index contributed by atoms with van der Waals surface area (Å²) in [5.74, 6) is 0.303. The number of carbonyl (C=O) groups excluding carboxylic acids is 1. The molecule has 1 aliphatic carbocycles. The fraction of sp³-hybridized carbons (Fsp3) is 0.375. The molecule has 2 heterocycles. The number of benzene rings is 1. The number of fused-ring (bicyclic) bond motifs is 2. The summed E-state index contributed by atoms with van der Waals surface area (Å²) in [6.45, 7) is 7.15. The maximum atomic E-state index is 11.2. The molecule has 0 atom stereocenters. The van der Waals surface area contributed by atoms with Gasteiger partial charge in [0, 0.05) is 34.8 Å². The van der Waals surface area contributed by atoms with Gasteiger partial charge in [-0.15, -0.1) is 11.3 Å². The molecule has 1 saturated heterocycles. The highest BCUT2D eigenvalue weighted by Crippen LogP contribution is 2.41. The Morgan fingerprint density at radius 2 is 1.89 bits per heavy atom. The van der Waals surface area contributed by atoms with E-state index in [1.54, 1.807) is 12.5 Å². The summed E-state index contributed by atoms with van der Waals surface area (Å²) in [6, 6.07) is 11.2. The van der Waals surface area contributed by atoms with Gasteiger partial charge in [0.1, 0.15) is 5.78 Å². The number of aryl methyl sites for hydroxylation is 1. The Bertz CT molecular complexity index is 908. The largest absolute Gasteiger partial charge is 0.303 e. The molecule has 0 unspecified atom stereocenters. The molecular weight excluding hydrogens is 350 g/mol. The second-order valence-corrected chi connectivity index (χ2v) is 8.97. The van der Waals surface area contributed by atoms with Gasteiger partial charge in [0.15, 0.2) is 0 Å². The molecule has 0 bridgehead atoms. The highest BCUT2D eigenvalue weighted by atomic mass is 32.1. The Labute approximate surface area is 166 Å². The van der Waals surface area contributed by atoms with Crippen LogP contribution in [0.4, 0.5) is 0 Å². The van der Waals surface area contributed by atoms with Crippen LogP contribution >= 0.6 is 11.3 Å². The number of hydrogen-bond acceptors (Lipinski definition) is 3. The first-order valence-corrected chi connectivity index (χ1v) is 10.8. The first kappa shape index (κ1) is 18.4. The van der Waals surface area contributed by atoms with Crippen LogP contribution in [-0.4, -0.2) is 30.3 Å². The lowest BCUT2D eigenvalue weighted by molar-refractivity contribution is -0.117. The van der Waals surface area contributed by atoms with Crippen molar-refractivity contribution in [3.8, 4) is 0 Å². The van der Waals surface area contributed by atoms with E-state index in [4.69, 9.17) is 0 Å². The first-order valence-electron chi connectivity index (χ1n) is 9.94. The molecule has 1 aliphatic heterocycles. The molecular formula is C24H27NOS. The van der Waals surface area contributed by atoms with Gasteiger partial charge in [0.25, 0.3) is 0 Å². The molecule has 2 aromatic rings. The zero-order valence-corrected chi connectivity index (χ0v) is 17.1. The van der Waals surface area contributed by atoms with Crippen LogP contribution in [-0.2, 0) is 4.79 Å². The minimum atomic E-state index is 0.303. The molecule has 0 spiro atoms. The molecule has 0 saturated carbocycles. The van der Waals surface area contributed by atoms with Crippen molar-refractivity contribution >= 4 is 34.8 Å². The van der Waals surface area contributed by atoms with E-state index in [0.29, 0.717) is 12.2 Å². The number of thiophene rings is 1. The lowest BCUT2D eigenvalue weighted by atomic mass is 9.87. The van der Waals surface area contributed by atoms with Gasteiger partial charge in [-0.05, 0) is 68.5 Å². The summed E-state index contributed by atoms with van der Waals surface area (Å²) < 4.78 is 0. The maximum Gasteiger partial charge on any atom is 0.129 e. The van der Waals surface area contributed by atoms with Gasteiger partial charge in [-0.3, -0.25) is 0 Å². The zero-order valence-electron chi connectivity index (χ0n) is 16.3. The third-order valence-electron chi connectivity index (χ3n) is 5.61. The van der Waals surface area contributed by atoms with Crippen molar-refractivity contribution in [2.45, 2.75) is 39.5 Å².